The summed E-state index contributed by atoms with van der Waals surface area (Å²) < 4.78 is 60.3. The van der Waals surface area contributed by atoms with Crippen LogP contribution in [0.15, 0.2) is 23.1 Å². The molecule has 0 aromatic heterocycles. The normalized spacial score (nSPS) is 19.1. The lowest BCUT2D eigenvalue weighted by Gasteiger charge is -2.35. The molecule has 2 aliphatic heterocycles. The van der Waals surface area contributed by atoms with Gasteiger partial charge in [-0.25, -0.2) is 13.2 Å². The zero-order valence-electron chi connectivity index (χ0n) is 22.3. The number of carbonyl (C=O) groups is 2. The Labute approximate surface area is 223 Å². The van der Waals surface area contributed by atoms with Gasteiger partial charge in [0.2, 0.25) is 15.9 Å². The van der Waals surface area contributed by atoms with E-state index in [1.807, 2.05) is 24.8 Å². The number of halogens is 3. The maximum absolute atomic E-state index is 13.5. The lowest BCUT2D eigenvalue weighted by atomic mass is 10.0. The number of piperidine rings is 1. The topological polar surface area (TPSA) is 110 Å². The Hall–Kier alpha value is -2.22. The van der Waals surface area contributed by atoms with Gasteiger partial charge in [-0.05, 0) is 63.4 Å². The smallest absolute Gasteiger partial charge is 0.475 e. The van der Waals surface area contributed by atoms with E-state index in [0.717, 1.165) is 43.6 Å². The standard InChI is InChI=1S/C23H38N4O3S.C2HF3O2/c1-19-7-8-22(18-20(19)2)31(29,30)27(17-16-25-12-5-4-6-21(25)3)13-9-23(28)26-14-10-24-11-15-26;3-2(4,5)1(6)7/h7-8,18,21,24H,4-6,9-17H2,1-3H3;(H,6,7). The molecular formula is C25H39F3N4O5S. The highest BCUT2D eigenvalue weighted by atomic mass is 32.2. The lowest BCUT2D eigenvalue weighted by Crippen LogP contribution is -2.48. The summed E-state index contributed by atoms with van der Waals surface area (Å²) in [6.45, 7) is 11.4. The molecule has 1 aromatic carbocycles. The summed E-state index contributed by atoms with van der Waals surface area (Å²) in [6.07, 6.45) is -1.30. The molecular weight excluding hydrogens is 525 g/mol. The van der Waals surface area contributed by atoms with E-state index in [9.17, 15) is 26.4 Å². The van der Waals surface area contributed by atoms with Crippen molar-refractivity contribution in [2.45, 2.75) is 63.6 Å². The minimum atomic E-state index is -5.08. The number of aliphatic carboxylic acids is 1. The molecule has 1 amide bonds. The van der Waals surface area contributed by atoms with E-state index in [2.05, 4.69) is 17.1 Å². The maximum Gasteiger partial charge on any atom is 0.490 e. The van der Waals surface area contributed by atoms with Crippen LogP contribution in [0.5, 0.6) is 0 Å². The van der Waals surface area contributed by atoms with Gasteiger partial charge in [0.1, 0.15) is 0 Å². The number of hydrogen-bond acceptors (Lipinski definition) is 6. The fourth-order valence-electron chi connectivity index (χ4n) is 4.40. The zero-order valence-corrected chi connectivity index (χ0v) is 23.1. The highest BCUT2D eigenvalue weighted by molar-refractivity contribution is 7.89. The number of alkyl halides is 3. The number of nitrogens with zero attached hydrogens (tertiary/aromatic N) is 3. The van der Waals surface area contributed by atoms with Gasteiger partial charge in [0.25, 0.3) is 0 Å². The molecule has 1 unspecified atom stereocenters. The van der Waals surface area contributed by atoms with E-state index in [1.165, 1.54) is 10.7 Å². The molecule has 2 fully saturated rings. The Bertz CT molecular complexity index is 1050. The van der Waals surface area contributed by atoms with Crippen molar-refractivity contribution in [3.05, 3.63) is 29.3 Å². The predicted molar refractivity (Wildman–Crippen MR) is 137 cm³/mol. The number of sulfonamides is 1. The highest BCUT2D eigenvalue weighted by Crippen LogP contribution is 2.21. The molecule has 1 aromatic rings. The van der Waals surface area contributed by atoms with E-state index in [0.29, 0.717) is 37.1 Å². The Morgan fingerprint density at radius 2 is 1.71 bits per heavy atom. The van der Waals surface area contributed by atoms with Gasteiger partial charge in [0.05, 0.1) is 4.90 Å². The number of hydrogen-bond donors (Lipinski definition) is 2. The number of nitrogens with one attached hydrogen (secondary N) is 1. The van der Waals surface area contributed by atoms with Crippen LogP contribution in [-0.2, 0) is 19.6 Å². The SMILES string of the molecule is Cc1ccc(S(=O)(=O)N(CCC(=O)N2CCNCC2)CCN2CCCCC2C)cc1C.O=C(O)C(F)(F)F. The van der Waals surface area contributed by atoms with Crippen LogP contribution in [0.25, 0.3) is 0 Å². The average Bonchev–Trinajstić information content (AvgIpc) is 2.86. The molecule has 13 heteroatoms. The molecule has 0 bridgehead atoms. The van der Waals surface area contributed by atoms with Crippen LogP contribution in [-0.4, -0.2) is 104 Å². The number of carbonyl (C=O) groups excluding carboxylic acids is 1. The second-order valence-corrected chi connectivity index (χ2v) is 11.7. The fraction of sp³-hybridized carbons (Fsp3) is 0.680. The number of rotatable bonds is 8. The minimum absolute atomic E-state index is 0.0353. The van der Waals surface area contributed by atoms with E-state index in [1.54, 1.807) is 12.1 Å². The summed E-state index contributed by atoms with van der Waals surface area (Å²) in [5.41, 5.74) is 2.03. The Balaban J connectivity index is 0.000000638. The summed E-state index contributed by atoms with van der Waals surface area (Å²) in [6, 6.07) is 5.77. The van der Waals surface area contributed by atoms with Crippen molar-refractivity contribution < 1.29 is 36.3 Å². The number of piperazine rings is 1. The highest BCUT2D eigenvalue weighted by Gasteiger charge is 2.38. The average molecular weight is 565 g/mol. The molecule has 2 N–H and O–H groups in total. The summed E-state index contributed by atoms with van der Waals surface area (Å²) in [5, 5.41) is 10.4. The number of amides is 1. The van der Waals surface area contributed by atoms with Gasteiger partial charge in [-0.2, -0.15) is 17.5 Å². The quantitative estimate of drug-likeness (QED) is 0.500. The molecule has 216 valence electrons. The molecule has 0 saturated carbocycles. The van der Waals surface area contributed by atoms with Crippen molar-refractivity contribution >= 4 is 21.9 Å². The van der Waals surface area contributed by atoms with Gasteiger partial charge in [0, 0.05) is 58.3 Å². The van der Waals surface area contributed by atoms with Crippen LogP contribution < -0.4 is 5.32 Å². The van der Waals surface area contributed by atoms with Crippen LogP contribution in [0, 0.1) is 13.8 Å². The first-order valence-electron chi connectivity index (χ1n) is 12.8. The largest absolute Gasteiger partial charge is 0.490 e. The monoisotopic (exact) mass is 564 g/mol. The molecule has 38 heavy (non-hydrogen) atoms. The molecule has 2 heterocycles. The van der Waals surface area contributed by atoms with E-state index >= 15 is 0 Å². The molecule has 1 atom stereocenters. The van der Waals surface area contributed by atoms with Crippen molar-refractivity contribution in [3.63, 3.8) is 0 Å². The number of aryl methyl sites for hydroxylation is 2. The van der Waals surface area contributed by atoms with Crippen molar-refractivity contribution in [1.82, 2.24) is 19.4 Å². The summed E-state index contributed by atoms with van der Waals surface area (Å²) in [5.74, 6) is -2.72. The first kappa shape index (κ1) is 32.0. The van der Waals surface area contributed by atoms with Crippen molar-refractivity contribution in [3.8, 4) is 0 Å². The first-order chi connectivity index (χ1) is 17.7. The van der Waals surface area contributed by atoms with E-state index in [-0.39, 0.29) is 18.9 Å². The number of benzene rings is 1. The van der Waals surface area contributed by atoms with Crippen LogP contribution in [0.4, 0.5) is 13.2 Å². The van der Waals surface area contributed by atoms with Gasteiger partial charge in [-0.3, -0.25) is 9.69 Å². The van der Waals surface area contributed by atoms with Gasteiger partial charge >= 0.3 is 12.1 Å². The molecule has 0 radical (unpaired) electrons. The van der Waals surface area contributed by atoms with Gasteiger partial charge < -0.3 is 15.3 Å². The van der Waals surface area contributed by atoms with Gasteiger partial charge in [-0.15, -0.1) is 0 Å². The number of carboxylic acid groups (broad SMARTS) is 1. The lowest BCUT2D eigenvalue weighted by molar-refractivity contribution is -0.192. The van der Waals surface area contributed by atoms with E-state index in [4.69, 9.17) is 9.90 Å². The second kappa shape index (κ2) is 14.2. The second-order valence-electron chi connectivity index (χ2n) is 9.71. The van der Waals surface area contributed by atoms with Crippen LogP contribution >= 0.6 is 0 Å². The Kier molecular flexibility index (Phi) is 12.0. The zero-order chi connectivity index (χ0) is 28.5. The van der Waals surface area contributed by atoms with Crippen molar-refractivity contribution in [1.29, 1.82) is 0 Å². The van der Waals surface area contributed by atoms with Crippen molar-refractivity contribution in [2.75, 3.05) is 52.4 Å². The van der Waals surface area contributed by atoms with E-state index < -0.39 is 22.2 Å². The summed E-state index contributed by atoms with van der Waals surface area (Å²) in [4.78, 5) is 26.1. The third-order valence-electron chi connectivity index (χ3n) is 6.98. The fourth-order valence-corrected chi connectivity index (χ4v) is 5.92. The number of carboxylic acids is 1. The molecule has 2 saturated heterocycles. The van der Waals surface area contributed by atoms with Crippen LogP contribution in [0.2, 0.25) is 0 Å². The van der Waals surface area contributed by atoms with Crippen LogP contribution in [0.1, 0.15) is 43.7 Å². The van der Waals surface area contributed by atoms with Gasteiger partial charge in [-0.1, -0.05) is 12.5 Å². The summed E-state index contributed by atoms with van der Waals surface area (Å²) in [7, 11) is -3.66. The van der Waals surface area contributed by atoms with Gasteiger partial charge in [0.15, 0.2) is 0 Å². The summed E-state index contributed by atoms with van der Waals surface area (Å²) >= 11 is 0. The Morgan fingerprint density at radius 3 is 2.26 bits per heavy atom. The third kappa shape index (κ3) is 9.51. The molecule has 3 rings (SSSR count). The Morgan fingerprint density at radius 1 is 1.08 bits per heavy atom. The maximum atomic E-state index is 13.5. The van der Waals surface area contributed by atoms with Crippen LogP contribution in [0.3, 0.4) is 0 Å². The first-order valence-corrected chi connectivity index (χ1v) is 14.3. The van der Waals surface area contributed by atoms with Crippen molar-refractivity contribution in [2.24, 2.45) is 0 Å². The molecule has 0 spiro atoms. The molecule has 0 aliphatic carbocycles. The number of likely N-dealkylation sites (tertiary alicyclic amines) is 1. The third-order valence-corrected chi connectivity index (χ3v) is 8.88. The molecule has 9 nitrogen and oxygen atoms in total. The predicted octanol–water partition coefficient (Wildman–Crippen LogP) is 2.62. The minimum Gasteiger partial charge on any atom is -0.475 e. The molecule has 2 aliphatic rings.